The van der Waals surface area contributed by atoms with Crippen LogP contribution in [0.2, 0.25) is 0 Å². The predicted octanol–water partition coefficient (Wildman–Crippen LogP) is 2.36. The van der Waals surface area contributed by atoms with Crippen molar-refractivity contribution in [2.75, 3.05) is 11.9 Å². The van der Waals surface area contributed by atoms with Crippen LogP contribution in [0.4, 0.5) is 5.69 Å². The monoisotopic (exact) mass is 260 g/mol. The van der Waals surface area contributed by atoms with E-state index in [4.69, 9.17) is 0 Å². The summed E-state index contributed by atoms with van der Waals surface area (Å²) in [5.74, 6) is 0.253. The Hall–Kier alpha value is -1.84. The zero-order chi connectivity index (χ0) is 13.7. The van der Waals surface area contributed by atoms with E-state index in [1.54, 1.807) is 0 Å². The first-order chi connectivity index (χ1) is 9.19. The number of rotatable bonds is 7. The molecule has 0 aromatic heterocycles. The molecule has 1 aromatic carbocycles. The molecule has 0 saturated heterocycles. The number of Topliss-reactive ketones (excluding diaryl/α,β-unsaturated/α-hetero) is 1. The Balaban J connectivity index is 1.73. The third kappa shape index (κ3) is 4.39. The second-order valence-corrected chi connectivity index (χ2v) is 4.87. The number of amides is 1. The van der Waals surface area contributed by atoms with Crippen molar-refractivity contribution in [3.8, 4) is 0 Å². The minimum absolute atomic E-state index is 0.104. The topological polar surface area (TPSA) is 58.2 Å². The lowest BCUT2D eigenvalue weighted by molar-refractivity contribution is -0.120. The van der Waals surface area contributed by atoms with Crippen LogP contribution in [0, 0.1) is 0 Å². The third-order valence-electron chi connectivity index (χ3n) is 3.15. The molecule has 2 N–H and O–H groups in total. The van der Waals surface area contributed by atoms with Crippen molar-refractivity contribution in [3.63, 3.8) is 0 Å². The van der Waals surface area contributed by atoms with Gasteiger partial charge in [-0.05, 0) is 37.1 Å². The van der Waals surface area contributed by atoms with Gasteiger partial charge in [-0.15, -0.1) is 0 Å². The first-order valence-corrected chi connectivity index (χ1v) is 6.85. The number of hydrogen-bond acceptors (Lipinski definition) is 3. The maximum atomic E-state index is 11.5. The van der Waals surface area contributed by atoms with Crippen LogP contribution in [0.5, 0.6) is 0 Å². The highest BCUT2D eigenvalue weighted by molar-refractivity contribution is 5.96. The van der Waals surface area contributed by atoms with Crippen molar-refractivity contribution in [2.45, 2.75) is 38.6 Å². The van der Waals surface area contributed by atoms with Crippen molar-refractivity contribution in [3.05, 3.63) is 29.8 Å². The molecule has 0 heterocycles. The molecule has 1 aromatic rings. The fourth-order valence-corrected chi connectivity index (χ4v) is 1.83. The summed E-state index contributed by atoms with van der Waals surface area (Å²) in [6.45, 7) is 2.46. The summed E-state index contributed by atoms with van der Waals surface area (Å²) in [6.07, 6.45) is 3.23. The molecule has 1 saturated carbocycles. The summed E-state index contributed by atoms with van der Waals surface area (Å²) < 4.78 is 0. The van der Waals surface area contributed by atoms with Crippen LogP contribution in [0.3, 0.4) is 0 Å². The summed E-state index contributed by atoms with van der Waals surface area (Å²) >= 11 is 0. The summed E-state index contributed by atoms with van der Waals surface area (Å²) in [6, 6.07) is 7.81. The lowest BCUT2D eigenvalue weighted by Crippen LogP contribution is -2.27. The van der Waals surface area contributed by atoms with Crippen LogP contribution >= 0.6 is 0 Å². The molecular formula is C15H20N2O2. The van der Waals surface area contributed by atoms with E-state index in [1.807, 2.05) is 31.2 Å². The number of nitrogens with one attached hydrogen (secondary N) is 2. The van der Waals surface area contributed by atoms with Crippen LogP contribution in [-0.4, -0.2) is 24.3 Å². The Morgan fingerprint density at radius 3 is 2.47 bits per heavy atom. The fraction of sp³-hybridized carbons (Fsp3) is 0.467. The number of carbonyl (C=O) groups excluding carboxylic acids is 2. The number of hydrogen-bond donors (Lipinski definition) is 2. The van der Waals surface area contributed by atoms with Crippen molar-refractivity contribution in [1.82, 2.24) is 5.32 Å². The normalized spacial score (nSPS) is 13.9. The SMILES string of the molecule is CCC(=O)c1ccc(NCCC(=O)NC2CC2)cc1. The molecular weight excluding hydrogens is 240 g/mol. The van der Waals surface area contributed by atoms with Crippen LogP contribution in [0.15, 0.2) is 24.3 Å². The van der Waals surface area contributed by atoms with Gasteiger partial charge in [-0.25, -0.2) is 0 Å². The van der Waals surface area contributed by atoms with Crippen LogP contribution in [-0.2, 0) is 4.79 Å². The van der Waals surface area contributed by atoms with Gasteiger partial charge < -0.3 is 10.6 Å². The van der Waals surface area contributed by atoms with E-state index < -0.39 is 0 Å². The third-order valence-corrected chi connectivity index (χ3v) is 3.15. The molecule has 0 unspecified atom stereocenters. The van der Waals surface area contributed by atoms with Gasteiger partial charge in [0.2, 0.25) is 5.91 Å². The average Bonchev–Trinajstić information content (AvgIpc) is 3.22. The Morgan fingerprint density at radius 1 is 1.21 bits per heavy atom. The Labute approximate surface area is 113 Å². The van der Waals surface area contributed by atoms with Crippen molar-refractivity contribution >= 4 is 17.4 Å². The maximum absolute atomic E-state index is 11.5. The van der Waals surface area contributed by atoms with Gasteiger partial charge >= 0.3 is 0 Å². The largest absolute Gasteiger partial charge is 0.385 e. The molecule has 4 heteroatoms. The highest BCUT2D eigenvalue weighted by Gasteiger charge is 2.22. The van der Waals surface area contributed by atoms with E-state index in [1.165, 1.54) is 0 Å². The molecule has 0 radical (unpaired) electrons. The Bertz CT molecular complexity index is 450. The molecule has 1 aliphatic carbocycles. The van der Waals surface area contributed by atoms with Gasteiger partial charge in [-0.2, -0.15) is 0 Å². The van der Waals surface area contributed by atoms with Gasteiger partial charge in [0.05, 0.1) is 0 Å². The molecule has 1 amide bonds. The lowest BCUT2D eigenvalue weighted by Gasteiger charge is -2.07. The first kappa shape index (κ1) is 13.6. The molecule has 0 atom stereocenters. The van der Waals surface area contributed by atoms with Gasteiger partial charge in [-0.3, -0.25) is 9.59 Å². The van der Waals surface area contributed by atoms with Crippen LogP contribution in [0.25, 0.3) is 0 Å². The molecule has 2 rings (SSSR count). The second-order valence-electron chi connectivity index (χ2n) is 4.87. The van der Waals surface area contributed by atoms with Crippen molar-refractivity contribution in [2.24, 2.45) is 0 Å². The number of benzene rings is 1. The summed E-state index contributed by atoms with van der Waals surface area (Å²) in [5.41, 5.74) is 1.67. The highest BCUT2D eigenvalue weighted by atomic mass is 16.1. The van der Waals surface area contributed by atoms with E-state index in [-0.39, 0.29) is 11.7 Å². The molecule has 0 aliphatic heterocycles. The molecule has 4 nitrogen and oxygen atoms in total. The molecule has 0 bridgehead atoms. The molecule has 19 heavy (non-hydrogen) atoms. The van der Waals surface area contributed by atoms with Crippen LogP contribution in [0.1, 0.15) is 43.0 Å². The van der Waals surface area contributed by atoms with E-state index in [2.05, 4.69) is 10.6 Å². The Morgan fingerprint density at radius 2 is 1.89 bits per heavy atom. The van der Waals surface area contributed by atoms with E-state index >= 15 is 0 Å². The fourth-order valence-electron chi connectivity index (χ4n) is 1.83. The van der Waals surface area contributed by atoms with E-state index in [0.717, 1.165) is 24.1 Å². The van der Waals surface area contributed by atoms with Gasteiger partial charge in [-0.1, -0.05) is 6.92 Å². The van der Waals surface area contributed by atoms with Crippen molar-refractivity contribution in [1.29, 1.82) is 0 Å². The van der Waals surface area contributed by atoms with Gasteiger partial charge in [0, 0.05) is 36.7 Å². The maximum Gasteiger partial charge on any atom is 0.221 e. The number of anilines is 1. The quantitative estimate of drug-likeness (QED) is 0.740. The summed E-state index contributed by atoms with van der Waals surface area (Å²) in [5, 5.41) is 6.13. The zero-order valence-corrected chi connectivity index (χ0v) is 11.2. The van der Waals surface area contributed by atoms with Crippen LogP contribution < -0.4 is 10.6 Å². The van der Waals surface area contributed by atoms with Gasteiger partial charge in [0.1, 0.15) is 0 Å². The molecule has 0 spiro atoms. The zero-order valence-electron chi connectivity index (χ0n) is 11.2. The Kier molecular flexibility index (Phi) is 4.55. The standard InChI is InChI=1S/C15H20N2O2/c1-2-14(18)11-3-5-12(6-4-11)16-10-9-15(19)17-13-7-8-13/h3-6,13,16H,2,7-10H2,1H3,(H,17,19). The van der Waals surface area contributed by atoms with Gasteiger partial charge in [0.25, 0.3) is 0 Å². The molecule has 102 valence electrons. The molecule has 1 aliphatic rings. The minimum Gasteiger partial charge on any atom is -0.385 e. The highest BCUT2D eigenvalue weighted by Crippen LogP contribution is 2.18. The average molecular weight is 260 g/mol. The first-order valence-electron chi connectivity index (χ1n) is 6.85. The van der Waals surface area contributed by atoms with Gasteiger partial charge in [0.15, 0.2) is 5.78 Å². The second kappa shape index (κ2) is 6.36. The smallest absolute Gasteiger partial charge is 0.221 e. The van der Waals surface area contributed by atoms with Crippen molar-refractivity contribution < 1.29 is 9.59 Å². The summed E-state index contributed by atoms with van der Waals surface area (Å²) in [7, 11) is 0. The van der Waals surface area contributed by atoms with E-state index in [0.29, 0.717) is 25.4 Å². The molecule has 1 fully saturated rings. The van der Waals surface area contributed by atoms with E-state index in [9.17, 15) is 9.59 Å². The minimum atomic E-state index is 0.104. The lowest BCUT2D eigenvalue weighted by atomic mass is 10.1. The number of ketones is 1. The summed E-state index contributed by atoms with van der Waals surface area (Å²) in [4.78, 5) is 22.9. The number of carbonyl (C=O) groups is 2. The predicted molar refractivity (Wildman–Crippen MR) is 75.3 cm³/mol.